The number of likely N-dealkylation sites (N-methyl/N-ethyl adjacent to an activating group) is 1. The van der Waals surface area contributed by atoms with Gasteiger partial charge in [-0.05, 0) is 39.2 Å². The van der Waals surface area contributed by atoms with Crippen LogP contribution in [0.5, 0.6) is 0 Å². The first kappa shape index (κ1) is 13.5. The monoisotopic (exact) mass is 226 g/mol. The predicted octanol–water partition coefficient (Wildman–Crippen LogP) is 2.07. The summed E-state index contributed by atoms with van der Waals surface area (Å²) in [6.45, 7) is 5.56. The van der Waals surface area contributed by atoms with Gasteiger partial charge in [0.2, 0.25) is 5.91 Å². The third-order valence-electron chi connectivity index (χ3n) is 3.46. The van der Waals surface area contributed by atoms with Gasteiger partial charge >= 0.3 is 0 Å². The van der Waals surface area contributed by atoms with Crippen molar-refractivity contribution in [2.75, 3.05) is 13.1 Å². The van der Waals surface area contributed by atoms with Gasteiger partial charge in [-0.25, -0.2) is 0 Å². The first-order chi connectivity index (χ1) is 7.74. The van der Waals surface area contributed by atoms with Crippen LogP contribution in [0.15, 0.2) is 0 Å². The molecule has 0 spiro atoms. The normalized spacial score (nSPS) is 18.6. The van der Waals surface area contributed by atoms with Gasteiger partial charge in [-0.1, -0.05) is 25.7 Å². The van der Waals surface area contributed by atoms with Crippen molar-refractivity contribution in [1.29, 1.82) is 0 Å². The Morgan fingerprint density at radius 1 is 1.38 bits per heavy atom. The Hall–Kier alpha value is -0.570. The average molecular weight is 226 g/mol. The van der Waals surface area contributed by atoms with Crippen LogP contribution in [-0.2, 0) is 4.79 Å². The molecule has 16 heavy (non-hydrogen) atoms. The second-order valence-corrected chi connectivity index (χ2v) is 4.86. The van der Waals surface area contributed by atoms with Crippen molar-refractivity contribution in [2.45, 2.75) is 58.4 Å². The lowest BCUT2D eigenvalue weighted by molar-refractivity contribution is -0.122. The lowest BCUT2D eigenvalue weighted by atomic mass is 10.0. The molecule has 0 bridgehead atoms. The number of hydrogen-bond acceptors (Lipinski definition) is 2. The summed E-state index contributed by atoms with van der Waals surface area (Å²) in [6.07, 6.45) is 8.22. The molecule has 3 nitrogen and oxygen atoms in total. The van der Waals surface area contributed by atoms with Gasteiger partial charge in [-0.3, -0.25) is 4.79 Å². The van der Waals surface area contributed by atoms with E-state index in [1.807, 2.05) is 13.8 Å². The number of carbonyl (C=O) groups is 1. The number of amides is 1. The highest BCUT2D eigenvalue weighted by molar-refractivity contribution is 5.81. The van der Waals surface area contributed by atoms with Crippen LogP contribution in [0.2, 0.25) is 0 Å². The minimum Gasteiger partial charge on any atom is -0.355 e. The van der Waals surface area contributed by atoms with Crippen molar-refractivity contribution in [3.05, 3.63) is 0 Å². The minimum absolute atomic E-state index is 0.0523. The molecule has 1 saturated carbocycles. The standard InChI is InChI=1S/C13H26N2O/c1-3-14-13(16)11(2)15-10-6-9-12-7-4-5-8-12/h11-12,15H,3-10H2,1-2H3,(H,14,16). The van der Waals surface area contributed by atoms with E-state index in [2.05, 4.69) is 10.6 Å². The molecular weight excluding hydrogens is 200 g/mol. The maximum atomic E-state index is 11.4. The van der Waals surface area contributed by atoms with E-state index < -0.39 is 0 Å². The van der Waals surface area contributed by atoms with Gasteiger partial charge in [0, 0.05) is 6.54 Å². The Labute approximate surface area is 99.4 Å². The summed E-state index contributed by atoms with van der Waals surface area (Å²) in [6, 6.07) is -0.0523. The smallest absolute Gasteiger partial charge is 0.236 e. The predicted molar refractivity (Wildman–Crippen MR) is 67.3 cm³/mol. The van der Waals surface area contributed by atoms with Crippen LogP contribution in [0.1, 0.15) is 52.4 Å². The Morgan fingerprint density at radius 2 is 2.06 bits per heavy atom. The first-order valence-electron chi connectivity index (χ1n) is 6.75. The molecule has 1 aliphatic carbocycles. The van der Waals surface area contributed by atoms with E-state index in [-0.39, 0.29) is 11.9 Å². The maximum Gasteiger partial charge on any atom is 0.236 e. The molecule has 0 aromatic rings. The van der Waals surface area contributed by atoms with E-state index in [1.54, 1.807) is 0 Å². The van der Waals surface area contributed by atoms with E-state index >= 15 is 0 Å². The third-order valence-corrected chi connectivity index (χ3v) is 3.46. The molecule has 1 atom stereocenters. The van der Waals surface area contributed by atoms with Crippen molar-refractivity contribution < 1.29 is 4.79 Å². The Kier molecular flexibility index (Phi) is 6.46. The van der Waals surface area contributed by atoms with E-state index in [0.717, 1.165) is 12.5 Å². The minimum atomic E-state index is -0.0523. The quantitative estimate of drug-likeness (QED) is 0.653. The van der Waals surface area contributed by atoms with Crippen molar-refractivity contribution in [3.8, 4) is 0 Å². The first-order valence-corrected chi connectivity index (χ1v) is 6.75. The fourth-order valence-electron chi connectivity index (χ4n) is 2.43. The van der Waals surface area contributed by atoms with E-state index in [0.29, 0.717) is 6.54 Å². The van der Waals surface area contributed by atoms with Crippen LogP contribution in [0.25, 0.3) is 0 Å². The second kappa shape index (κ2) is 7.66. The molecule has 94 valence electrons. The van der Waals surface area contributed by atoms with Crippen molar-refractivity contribution in [1.82, 2.24) is 10.6 Å². The third kappa shape index (κ3) is 4.97. The highest BCUT2D eigenvalue weighted by atomic mass is 16.2. The number of carbonyl (C=O) groups excluding carboxylic acids is 1. The molecule has 3 heteroatoms. The molecule has 0 aromatic heterocycles. The molecule has 0 saturated heterocycles. The van der Waals surface area contributed by atoms with Gasteiger partial charge < -0.3 is 10.6 Å². The van der Waals surface area contributed by atoms with Gasteiger partial charge in [0.25, 0.3) is 0 Å². The van der Waals surface area contributed by atoms with Crippen LogP contribution in [0.3, 0.4) is 0 Å². The summed E-state index contributed by atoms with van der Waals surface area (Å²) in [4.78, 5) is 11.4. The van der Waals surface area contributed by atoms with E-state index in [4.69, 9.17) is 0 Å². The molecule has 0 radical (unpaired) electrons. The van der Waals surface area contributed by atoms with Crippen molar-refractivity contribution >= 4 is 5.91 Å². The molecule has 1 rings (SSSR count). The van der Waals surface area contributed by atoms with Crippen LogP contribution in [0, 0.1) is 5.92 Å². The van der Waals surface area contributed by atoms with Gasteiger partial charge in [-0.15, -0.1) is 0 Å². The number of hydrogen-bond donors (Lipinski definition) is 2. The maximum absolute atomic E-state index is 11.4. The van der Waals surface area contributed by atoms with Gasteiger partial charge in [-0.2, -0.15) is 0 Å². The summed E-state index contributed by atoms with van der Waals surface area (Å²) >= 11 is 0. The lowest BCUT2D eigenvalue weighted by Crippen LogP contribution is -2.42. The van der Waals surface area contributed by atoms with Crippen LogP contribution in [-0.4, -0.2) is 25.0 Å². The molecular formula is C13H26N2O. The molecule has 1 unspecified atom stereocenters. The SMILES string of the molecule is CCNC(=O)C(C)NCCCC1CCCC1. The zero-order valence-corrected chi connectivity index (χ0v) is 10.7. The summed E-state index contributed by atoms with van der Waals surface area (Å²) in [5, 5.41) is 6.10. The van der Waals surface area contributed by atoms with E-state index in [1.165, 1.54) is 38.5 Å². The molecule has 1 fully saturated rings. The molecule has 0 aliphatic heterocycles. The topological polar surface area (TPSA) is 41.1 Å². The highest BCUT2D eigenvalue weighted by Crippen LogP contribution is 2.28. The molecule has 0 heterocycles. The van der Waals surface area contributed by atoms with E-state index in [9.17, 15) is 4.79 Å². The summed E-state index contributed by atoms with van der Waals surface area (Å²) in [5.74, 6) is 1.07. The molecule has 1 aliphatic rings. The number of nitrogens with one attached hydrogen (secondary N) is 2. The lowest BCUT2D eigenvalue weighted by Gasteiger charge is -2.14. The highest BCUT2D eigenvalue weighted by Gasteiger charge is 2.15. The Bertz CT molecular complexity index is 200. The van der Waals surface area contributed by atoms with Gasteiger partial charge in [0.1, 0.15) is 0 Å². The summed E-state index contributed by atoms with van der Waals surface area (Å²) < 4.78 is 0. The fourth-order valence-corrected chi connectivity index (χ4v) is 2.43. The molecule has 1 amide bonds. The summed E-state index contributed by atoms with van der Waals surface area (Å²) in [5.41, 5.74) is 0. The average Bonchev–Trinajstić information content (AvgIpc) is 2.77. The van der Waals surface area contributed by atoms with Crippen LogP contribution in [0.4, 0.5) is 0 Å². The molecule has 0 aromatic carbocycles. The van der Waals surface area contributed by atoms with Crippen molar-refractivity contribution in [2.24, 2.45) is 5.92 Å². The zero-order chi connectivity index (χ0) is 11.8. The van der Waals surface area contributed by atoms with Crippen LogP contribution >= 0.6 is 0 Å². The van der Waals surface area contributed by atoms with Crippen LogP contribution < -0.4 is 10.6 Å². The largest absolute Gasteiger partial charge is 0.355 e. The van der Waals surface area contributed by atoms with Gasteiger partial charge in [0.15, 0.2) is 0 Å². The number of rotatable bonds is 7. The Balaban J connectivity index is 1.99. The summed E-state index contributed by atoms with van der Waals surface area (Å²) in [7, 11) is 0. The zero-order valence-electron chi connectivity index (χ0n) is 10.7. The second-order valence-electron chi connectivity index (χ2n) is 4.86. The Morgan fingerprint density at radius 3 is 2.69 bits per heavy atom. The fraction of sp³-hybridized carbons (Fsp3) is 0.923. The van der Waals surface area contributed by atoms with Gasteiger partial charge in [0.05, 0.1) is 6.04 Å². The van der Waals surface area contributed by atoms with Crippen molar-refractivity contribution in [3.63, 3.8) is 0 Å². The molecule has 2 N–H and O–H groups in total.